The van der Waals surface area contributed by atoms with Gasteiger partial charge in [-0.1, -0.05) is 12.2 Å². The van der Waals surface area contributed by atoms with E-state index in [0.29, 0.717) is 0 Å². The van der Waals surface area contributed by atoms with Crippen molar-refractivity contribution in [2.24, 2.45) is 5.92 Å². The zero-order valence-electron chi connectivity index (χ0n) is 7.41. The second-order valence-corrected chi connectivity index (χ2v) is 3.14. The topological polar surface area (TPSA) is 66.4 Å². The minimum absolute atomic E-state index is 0.0445. The van der Waals surface area contributed by atoms with E-state index in [1.165, 1.54) is 12.2 Å². The second-order valence-electron chi connectivity index (χ2n) is 3.14. The van der Waals surface area contributed by atoms with E-state index >= 15 is 0 Å². The molecule has 0 aromatic heterocycles. The van der Waals surface area contributed by atoms with Gasteiger partial charge in [0.05, 0.1) is 5.92 Å². The third-order valence-corrected chi connectivity index (χ3v) is 1.97. The zero-order valence-corrected chi connectivity index (χ0v) is 7.41. The Morgan fingerprint density at radius 1 is 1.33 bits per heavy atom. The number of carbonyl (C=O) groups excluding carboxylic acids is 1. The van der Waals surface area contributed by atoms with Crippen LogP contribution in [-0.2, 0) is 9.59 Å². The Hall–Kier alpha value is -1.53. The van der Waals surface area contributed by atoms with Crippen molar-refractivity contribution in [3.8, 4) is 0 Å². The third kappa shape index (κ3) is 2.97. The smallest absolute Gasteiger partial charge is 0.471 e. The largest absolute Gasteiger partial charge is 0.481 e. The Morgan fingerprint density at radius 2 is 1.93 bits per heavy atom. The molecule has 0 unspecified atom stereocenters. The lowest BCUT2D eigenvalue weighted by molar-refractivity contribution is -0.174. The molecule has 2 N–H and O–H groups in total. The fraction of sp³-hybridized carbons (Fsp3) is 0.500. The molecule has 84 valence electrons. The molecule has 2 atom stereocenters. The molecule has 0 aliphatic heterocycles. The van der Waals surface area contributed by atoms with Crippen molar-refractivity contribution in [3.05, 3.63) is 12.2 Å². The SMILES string of the molecule is O=C(O)[C@@H]1C=C[C@@H](NC(=O)C(F)(F)F)C1. The first-order chi connectivity index (χ1) is 6.80. The maximum absolute atomic E-state index is 11.8. The third-order valence-electron chi connectivity index (χ3n) is 1.97. The maximum atomic E-state index is 11.8. The Balaban J connectivity index is 2.48. The molecule has 0 heterocycles. The van der Waals surface area contributed by atoms with Crippen molar-refractivity contribution in [1.82, 2.24) is 5.32 Å². The van der Waals surface area contributed by atoms with Crippen LogP contribution in [0.5, 0.6) is 0 Å². The minimum Gasteiger partial charge on any atom is -0.481 e. The number of rotatable bonds is 2. The summed E-state index contributed by atoms with van der Waals surface area (Å²) in [5.41, 5.74) is 0. The summed E-state index contributed by atoms with van der Waals surface area (Å²) in [7, 11) is 0. The van der Waals surface area contributed by atoms with Gasteiger partial charge in [0, 0.05) is 6.04 Å². The van der Waals surface area contributed by atoms with Crippen LogP contribution in [0.3, 0.4) is 0 Å². The van der Waals surface area contributed by atoms with E-state index in [4.69, 9.17) is 5.11 Å². The summed E-state index contributed by atoms with van der Waals surface area (Å²) in [4.78, 5) is 20.9. The van der Waals surface area contributed by atoms with Gasteiger partial charge in [0.15, 0.2) is 0 Å². The van der Waals surface area contributed by atoms with Gasteiger partial charge in [-0.15, -0.1) is 0 Å². The number of nitrogens with one attached hydrogen (secondary N) is 1. The molecule has 15 heavy (non-hydrogen) atoms. The zero-order chi connectivity index (χ0) is 11.6. The van der Waals surface area contributed by atoms with Gasteiger partial charge in [-0.2, -0.15) is 13.2 Å². The summed E-state index contributed by atoms with van der Waals surface area (Å²) in [6.45, 7) is 0. The first-order valence-electron chi connectivity index (χ1n) is 4.09. The molecule has 0 spiro atoms. The molecular weight excluding hydrogens is 215 g/mol. The Morgan fingerprint density at radius 3 is 2.33 bits per heavy atom. The molecule has 0 radical (unpaired) electrons. The van der Waals surface area contributed by atoms with E-state index in [9.17, 15) is 22.8 Å². The molecule has 1 aliphatic rings. The number of alkyl halides is 3. The summed E-state index contributed by atoms with van der Waals surface area (Å²) in [5.74, 6) is -4.00. The summed E-state index contributed by atoms with van der Waals surface area (Å²) < 4.78 is 35.4. The van der Waals surface area contributed by atoms with Gasteiger partial charge in [-0.3, -0.25) is 9.59 Å². The van der Waals surface area contributed by atoms with Gasteiger partial charge in [0.2, 0.25) is 0 Å². The normalized spacial score (nSPS) is 25.3. The van der Waals surface area contributed by atoms with Crippen molar-refractivity contribution in [3.63, 3.8) is 0 Å². The number of carboxylic acid groups (broad SMARTS) is 1. The number of halogens is 3. The highest BCUT2D eigenvalue weighted by Gasteiger charge is 2.40. The minimum atomic E-state index is -4.94. The van der Waals surface area contributed by atoms with Crippen LogP contribution in [0.15, 0.2) is 12.2 Å². The van der Waals surface area contributed by atoms with Gasteiger partial charge in [-0.05, 0) is 6.42 Å². The fourth-order valence-electron chi connectivity index (χ4n) is 1.24. The molecule has 0 bridgehead atoms. The number of carbonyl (C=O) groups is 2. The average molecular weight is 223 g/mol. The average Bonchev–Trinajstić information content (AvgIpc) is 2.50. The monoisotopic (exact) mass is 223 g/mol. The van der Waals surface area contributed by atoms with Crippen molar-refractivity contribution in [2.75, 3.05) is 0 Å². The van der Waals surface area contributed by atoms with E-state index in [0.717, 1.165) is 0 Å². The molecule has 0 saturated heterocycles. The van der Waals surface area contributed by atoms with Crippen LogP contribution in [-0.4, -0.2) is 29.2 Å². The van der Waals surface area contributed by atoms with Gasteiger partial charge >= 0.3 is 18.1 Å². The van der Waals surface area contributed by atoms with Crippen molar-refractivity contribution in [2.45, 2.75) is 18.6 Å². The first kappa shape index (κ1) is 11.5. The summed E-state index contributed by atoms with van der Waals surface area (Å²) in [6, 6.07) is -0.861. The van der Waals surface area contributed by atoms with Gasteiger partial charge in [-0.25, -0.2) is 0 Å². The lowest BCUT2D eigenvalue weighted by Gasteiger charge is -2.13. The number of amides is 1. The number of hydrogen-bond acceptors (Lipinski definition) is 2. The van der Waals surface area contributed by atoms with E-state index in [2.05, 4.69) is 0 Å². The van der Waals surface area contributed by atoms with Gasteiger partial charge in [0.25, 0.3) is 0 Å². The Labute approximate surface area is 82.8 Å². The van der Waals surface area contributed by atoms with E-state index in [-0.39, 0.29) is 6.42 Å². The van der Waals surface area contributed by atoms with Crippen molar-refractivity contribution in [1.29, 1.82) is 0 Å². The molecule has 1 amide bonds. The van der Waals surface area contributed by atoms with Crippen LogP contribution in [0.25, 0.3) is 0 Å². The van der Waals surface area contributed by atoms with E-state index in [1.54, 1.807) is 5.32 Å². The molecule has 4 nitrogen and oxygen atoms in total. The second kappa shape index (κ2) is 3.92. The highest BCUT2D eigenvalue weighted by atomic mass is 19.4. The summed E-state index contributed by atoms with van der Waals surface area (Å²) in [6.07, 6.45) is -2.46. The van der Waals surface area contributed by atoms with Crippen LogP contribution in [0.2, 0.25) is 0 Å². The Bertz CT molecular complexity index is 311. The standard InChI is InChI=1S/C8H8F3NO3/c9-8(10,11)7(15)12-5-2-1-4(3-5)6(13)14/h1-2,4-5H,3H2,(H,12,15)(H,13,14)/t4-,5-/m1/s1. The number of carboxylic acids is 1. The van der Waals surface area contributed by atoms with E-state index < -0.39 is 30.0 Å². The van der Waals surface area contributed by atoms with Crippen LogP contribution in [0.1, 0.15) is 6.42 Å². The predicted octanol–water partition coefficient (Wildman–Crippen LogP) is 0.694. The highest BCUT2D eigenvalue weighted by molar-refractivity contribution is 5.82. The Kier molecular flexibility index (Phi) is 3.01. The molecule has 0 aromatic carbocycles. The fourth-order valence-corrected chi connectivity index (χ4v) is 1.24. The lowest BCUT2D eigenvalue weighted by Crippen LogP contribution is -2.42. The number of aliphatic carboxylic acids is 1. The maximum Gasteiger partial charge on any atom is 0.471 e. The van der Waals surface area contributed by atoms with Gasteiger partial charge < -0.3 is 10.4 Å². The number of hydrogen-bond donors (Lipinski definition) is 2. The molecule has 7 heteroatoms. The summed E-state index contributed by atoms with van der Waals surface area (Å²) >= 11 is 0. The van der Waals surface area contributed by atoms with Crippen LogP contribution in [0, 0.1) is 5.92 Å². The van der Waals surface area contributed by atoms with Crippen molar-refractivity contribution >= 4 is 11.9 Å². The highest BCUT2D eigenvalue weighted by Crippen LogP contribution is 2.20. The van der Waals surface area contributed by atoms with E-state index in [1.807, 2.05) is 0 Å². The summed E-state index contributed by atoms with van der Waals surface area (Å²) in [5, 5.41) is 10.2. The molecule has 0 fully saturated rings. The van der Waals surface area contributed by atoms with Crippen LogP contribution < -0.4 is 5.32 Å². The predicted molar refractivity (Wildman–Crippen MR) is 42.9 cm³/mol. The molecular formula is C8H8F3NO3. The van der Waals surface area contributed by atoms with Crippen LogP contribution in [0.4, 0.5) is 13.2 Å². The molecule has 0 saturated carbocycles. The molecule has 1 aliphatic carbocycles. The van der Waals surface area contributed by atoms with Gasteiger partial charge in [0.1, 0.15) is 0 Å². The lowest BCUT2D eigenvalue weighted by atomic mass is 10.1. The quantitative estimate of drug-likeness (QED) is 0.677. The van der Waals surface area contributed by atoms with Crippen LogP contribution >= 0.6 is 0 Å². The molecule has 0 aromatic rings. The first-order valence-corrected chi connectivity index (χ1v) is 4.09. The molecule has 1 rings (SSSR count). The van der Waals surface area contributed by atoms with Crippen molar-refractivity contribution < 1.29 is 27.9 Å².